The molecule has 6 nitrogen and oxygen atoms in total. The predicted molar refractivity (Wildman–Crippen MR) is 85.6 cm³/mol. The third-order valence-electron chi connectivity index (χ3n) is 3.11. The fraction of sp³-hybridized carbons (Fsp3) is 0.308. The standard InChI is InChI=1S/C13H14BrN5OS/c14-9-3-1-2-4-10(9)16-11(20)7-21-13-18-17-12(19(13)15)8-5-6-8/h1-4,8H,5-7,15H2,(H,16,20). The zero-order chi connectivity index (χ0) is 14.8. The van der Waals surface area contributed by atoms with Gasteiger partial charge in [-0.2, -0.15) is 0 Å². The Hall–Kier alpha value is -1.54. The maximum absolute atomic E-state index is 12.0. The van der Waals surface area contributed by atoms with Crippen molar-refractivity contribution in [2.75, 3.05) is 16.9 Å². The second kappa shape index (κ2) is 6.07. The Balaban J connectivity index is 1.57. The molecular formula is C13H14BrN5OS. The molecule has 3 rings (SSSR count). The highest BCUT2D eigenvalue weighted by atomic mass is 79.9. The Kier molecular flexibility index (Phi) is 4.16. The first-order valence-electron chi connectivity index (χ1n) is 6.52. The molecule has 1 aliphatic rings. The first-order chi connectivity index (χ1) is 10.1. The fourth-order valence-electron chi connectivity index (χ4n) is 1.89. The number of nitrogens with two attached hydrogens (primary N) is 1. The number of carbonyl (C=O) groups is 1. The number of halogens is 1. The average molecular weight is 368 g/mol. The molecule has 1 saturated carbocycles. The van der Waals surface area contributed by atoms with Crippen molar-refractivity contribution in [2.45, 2.75) is 23.9 Å². The van der Waals surface area contributed by atoms with Gasteiger partial charge in [-0.05, 0) is 40.9 Å². The summed E-state index contributed by atoms with van der Waals surface area (Å²) >= 11 is 4.67. The molecule has 0 bridgehead atoms. The summed E-state index contributed by atoms with van der Waals surface area (Å²) in [5.74, 6) is 7.31. The van der Waals surface area contributed by atoms with Crippen LogP contribution in [0.25, 0.3) is 0 Å². The summed E-state index contributed by atoms with van der Waals surface area (Å²) in [6.07, 6.45) is 2.23. The molecule has 0 saturated heterocycles. The van der Waals surface area contributed by atoms with E-state index in [1.807, 2.05) is 24.3 Å². The summed E-state index contributed by atoms with van der Waals surface area (Å²) in [4.78, 5) is 12.0. The summed E-state index contributed by atoms with van der Waals surface area (Å²) in [5.41, 5.74) is 0.746. The largest absolute Gasteiger partial charge is 0.336 e. The number of hydrogen-bond acceptors (Lipinski definition) is 5. The number of nitrogens with one attached hydrogen (secondary N) is 1. The van der Waals surface area contributed by atoms with Crippen LogP contribution in [0.5, 0.6) is 0 Å². The van der Waals surface area contributed by atoms with Gasteiger partial charge >= 0.3 is 0 Å². The van der Waals surface area contributed by atoms with Gasteiger partial charge in [0.15, 0.2) is 5.82 Å². The lowest BCUT2D eigenvalue weighted by molar-refractivity contribution is -0.113. The van der Waals surface area contributed by atoms with Crippen molar-refractivity contribution < 1.29 is 4.79 Å². The molecule has 0 spiro atoms. The van der Waals surface area contributed by atoms with Gasteiger partial charge in [0.25, 0.3) is 0 Å². The van der Waals surface area contributed by atoms with Crippen LogP contribution in [0.1, 0.15) is 24.6 Å². The summed E-state index contributed by atoms with van der Waals surface area (Å²) in [5, 5.41) is 11.5. The number of rotatable bonds is 5. The number of nitrogens with zero attached hydrogens (tertiary/aromatic N) is 3. The van der Waals surface area contributed by atoms with Gasteiger partial charge < -0.3 is 11.2 Å². The smallest absolute Gasteiger partial charge is 0.234 e. The van der Waals surface area contributed by atoms with E-state index >= 15 is 0 Å². The van der Waals surface area contributed by atoms with E-state index in [4.69, 9.17) is 5.84 Å². The van der Waals surface area contributed by atoms with Crippen molar-refractivity contribution in [2.24, 2.45) is 0 Å². The van der Waals surface area contributed by atoms with E-state index in [9.17, 15) is 4.79 Å². The van der Waals surface area contributed by atoms with Crippen molar-refractivity contribution >= 4 is 39.3 Å². The van der Waals surface area contributed by atoms with Gasteiger partial charge in [0.1, 0.15) is 0 Å². The van der Waals surface area contributed by atoms with Crippen LogP contribution in [-0.2, 0) is 4.79 Å². The number of thioether (sulfide) groups is 1. The molecule has 3 N–H and O–H groups in total. The Labute approximate surface area is 134 Å². The van der Waals surface area contributed by atoms with Gasteiger partial charge in [0, 0.05) is 10.4 Å². The molecule has 0 atom stereocenters. The van der Waals surface area contributed by atoms with Crippen LogP contribution in [0.2, 0.25) is 0 Å². The zero-order valence-corrected chi connectivity index (χ0v) is 13.5. The average Bonchev–Trinajstić information content (AvgIpc) is 3.24. The van der Waals surface area contributed by atoms with Crippen LogP contribution in [0.3, 0.4) is 0 Å². The highest BCUT2D eigenvalue weighted by Gasteiger charge is 2.30. The van der Waals surface area contributed by atoms with Crippen LogP contribution in [-0.4, -0.2) is 26.5 Å². The normalized spacial score (nSPS) is 14.1. The summed E-state index contributed by atoms with van der Waals surface area (Å²) in [6, 6.07) is 7.47. The molecule has 0 aliphatic heterocycles. The quantitative estimate of drug-likeness (QED) is 0.625. The van der Waals surface area contributed by atoms with Crippen LogP contribution in [0.15, 0.2) is 33.9 Å². The number of nitrogen functional groups attached to an aromatic ring is 1. The zero-order valence-electron chi connectivity index (χ0n) is 11.1. The predicted octanol–water partition coefficient (Wildman–Crippen LogP) is 2.36. The van der Waals surface area contributed by atoms with Gasteiger partial charge in [-0.3, -0.25) is 4.79 Å². The highest BCUT2D eigenvalue weighted by molar-refractivity contribution is 9.10. The molecule has 1 fully saturated rings. The molecular weight excluding hydrogens is 354 g/mol. The molecule has 1 aromatic carbocycles. The molecule has 0 unspecified atom stereocenters. The minimum absolute atomic E-state index is 0.108. The molecule has 8 heteroatoms. The lowest BCUT2D eigenvalue weighted by Crippen LogP contribution is -2.17. The third kappa shape index (κ3) is 3.38. The number of amides is 1. The lowest BCUT2D eigenvalue weighted by atomic mass is 10.3. The van der Waals surface area contributed by atoms with Crippen LogP contribution in [0, 0.1) is 0 Å². The van der Waals surface area contributed by atoms with Gasteiger partial charge in [-0.15, -0.1) is 10.2 Å². The number of benzene rings is 1. The number of para-hydroxylation sites is 1. The minimum atomic E-state index is -0.108. The molecule has 1 heterocycles. The first-order valence-corrected chi connectivity index (χ1v) is 8.30. The maximum atomic E-state index is 12.0. The minimum Gasteiger partial charge on any atom is -0.336 e. The second-order valence-electron chi connectivity index (χ2n) is 4.80. The number of anilines is 1. The first kappa shape index (κ1) is 14.4. The maximum Gasteiger partial charge on any atom is 0.234 e. The van der Waals surface area contributed by atoms with Gasteiger partial charge in [-0.1, -0.05) is 23.9 Å². The Morgan fingerprint density at radius 1 is 1.43 bits per heavy atom. The Morgan fingerprint density at radius 3 is 2.90 bits per heavy atom. The van der Waals surface area contributed by atoms with Crippen molar-refractivity contribution in [1.29, 1.82) is 0 Å². The van der Waals surface area contributed by atoms with E-state index in [-0.39, 0.29) is 11.7 Å². The Morgan fingerprint density at radius 2 is 2.19 bits per heavy atom. The molecule has 1 aliphatic carbocycles. The number of hydrogen-bond donors (Lipinski definition) is 2. The molecule has 0 radical (unpaired) electrons. The van der Waals surface area contributed by atoms with E-state index < -0.39 is 0 Å². The van der Waals surface area contributed by atoms with Crippen LogP contribution < -0.4 is 11.2 Å². The van der Waals surface area contributed by atoms with Gasteiger partial charge in [0.2, 0.25) is 11.1 Å². The van der Waals surface area contributed by atoms with E-state index in [1.54, 1.807) is 0 Å². The van der Waals surface area contributed by atoms with Crippen LogP contribution in [0.4, 0.5) is 5.69 Å². The van der Waals surface area contributed by atoms with E-state index in [2.05, 4.69) is 31.4 Å². The molecule has 1 aromatic heterocycles. The lowest BCUT2D eigenvalue weighted by Gasteiger charge is -2.06. The van der Waals surface area contributed by atoms with Crippen LogP contribution >= 0.6 is 27.7 Å². The number of aromatic nitrogens is 3. The number of carbonyl (C=O) groups excluding carboxylic acids is 1. The summed E-state index contributed by atoms with van der Waals surface area (Å²) < 4.78 is 2.34. The Bertz CT molecular complexity index is 670. The van der Waals surface area contributed by atoms with Crippen molar-refractivity contribution in [3.63, 3.8) is 0 Å². The highest BCUT2D eigenvalue weighted by Crippen LogP contribution is 2.39. The summed E-state index contributed by atoms with van der Waals surface area (Å²) in [7, 11) is 0. The van der Waals surface area contributed by atoms with E-state index in [0.717, 1.165) is 28.8 Å². The topological polar surface area (TPSA) is 85.8 Å². The van der Waals surface area contributed by atoms with Gasteiger partial charge in [0.05, 0.1) is 11.4 Å². The monoisotopic (exact) mass is 367 g/mol. The molecule has 110 valence electrons. The second-order valence-corrected chi connectivity index (χ2v) is 6.60. The SMILES string of the molecule is Nn1c(SCC(=O)Nc2ccccc2Br)nnc1C1CC1. The van der Waals surface area contributed by atoms with E-state index in [1.165, 1.54) is 16.4 Å². The van der Waals surface area contributed by atoms with Crippen molar-refractivity contribution in [3.05, 3.63) is 34.6 Å². The third-order valence-corrected chi connectivity index (χ3v) is 4.75. The van der Waals surface area contributed by atoms with Gasteiger partial charge in [-0.25, -0.2) is 4.68 Å². The van der Waals surface area contributed by atoms with Crippen molar-refractivity contribution in [3.8, 4) is 0 Å². The fourth-order valence-corrected chi connectivity index (χ4v) is 2.93. The molecule has 2 aromatic rings. The van der Waals surface area contributed by atoms with Crippen molar-refractivity contribution in [1.82, 2.24) is 14.9 Å². The molecule has 21 heavy (non-hydrogen) atoms. The van der Waals surface area contributed by atoms with E-state index in [0.29, 0.717) is 11.1 Å². The molecule has 1 amide bonds. The summed E-state index contributed by atoms with van der Waals surface area (Å²) in [6.45, 7) is 0.